The highest BCUT2D eigenvalue weighted by atomic mass is 16.9. The van der Waals surface area contributed by atoms with Crippen LogP contribution in [0.5, 0.6) is 0 Å². The van der Waals surface area contributed by atoms with E-state index in [1.54, 1.807) is 30.7 Å². The number of pyridine rings is 1. The predicted molar refractivity (Wildman–Crippen MR) is 56.4 cm³/mol. The maximum Gasteiger partial charge on any atom is 0.291 e. The van der Waals surface area contributed by atoms with Crippen LogP contribution in [0.25, 0.3) is 0 Å². The first-order valence-electron chi connectivity index (χ1n) is 3.87. The summed E-state index contributed by atoms with van der Waals surface area (Å²) in [6.45, 7) is 0. The molecule has 5 N–H and O–H groups in total. The lowest BCUT2D eigenvalue weighted by atomic mass is 10.3. The molecule has 0 unspecified atom stereocenters. The first-order chi connectivity index (χ1) is 7.52. The van der Waals surface area contributed by atoms with Gasteiger partial charge in [-0.15, -0.1) is 15.2 Å². The average molecular weight is 226 g/mol. The van der Waals surface area contributed by atoms with E-state index in [1.165, 1.54) is 0 Å². The summed E-state index contributed by atoms with van der Waals surface area (Å²) in [5.41, 5.74) is 11.0. The highest BCUT2D eigenvalue weighted by Gasteiger charge is 1.82. The molecule has 9 nitrogen and oxygen atoms in total. The number of nitrogens with zero attached hydrogens (tertiary/aromatic N) is 4. The van der Waals surface area contributed by atoms with E-state index in [9.17, 15) is 0 Å². The second kappa shape index (κ2) is 7.67. The van der Waals surface area contributed by atoms with Crippen LogP contribution in [0, 0.1) is 10.1 Å². The summed E-state index contributed by atoms with van der Waals surface area (Å²) in [6.07, 6.45) is 4.87. The van der Waals surface area contributed by atoms with Gasteiger partial charge in [-0.3, -0.25) is 4.98 Å². The molecule has 0 saturated heterocycles. The SMILES string of the molecule is NC(N)=N/N=C/c1ccncc1.O=[N+]([O-])O. The molecule has 1 aromatic heterocycles. The zero-order valence-corrected chi connectivity index (χ0v) is 8.09. The van der Waals surface area contributed by atoms with Crippen molar-refractivity contribution in [2.45, 2.75) is 0 Å². The summed E-state index contributed by atoms with van der Waals surface area (Å²) in [7, 11) is 0. The quantitative estimate of drug-likeness (QED) is 0.263. The molecule has 16 heavy (non-hydrogen) atoms. The molecule has 0 amide bonds. The van der Waals surface area contributed by atoms with Crippen LogP contribution < -0.4 is 11.5 Å². The van der Waals surface area contributed by atoms with Crippen LogP contribution in [0.1, 0.15) is 5.56 Å². The molecule has 0 bridgehead atoms. The highest BCUT2D eigenvalue weighted by Crippen LogP contribution is 1.90. The Balaban J connectivity index is 0.000000487. The fraction of sp³-hybridized carbons (Fsp3) is 0. The van der Waals surface area contributed by atoms with Crippen LogP contribution in [0.2, 0.25) is 0 Å². The lowest BCUT2D eigenvalue weighted by molar-refractivity contribution is -0.742. The van der Waals surface area contributed by atoms with Crippen molar-refractivity contribution < 1.29 is 10.3 Å². The number of aromatic nitrogens is 1. The van der Waals surface area contributed by atoms with Crippen molar-refractivity contribution in [1.29, 1.82) is 0 Å². The van der Waals surface area contributed by atoms with Gasteiger partial charge in [0.2, 0.25) is 5.96 Å². The first-order valence-corrected chi connectivity index (χ1v) is 3.87. The Kier molecular flexibility index (Phi) is 6.37. The van der Waals surface area contributed by atoms with Crippen LogP contribution in [0.4, 0.5) is 0 Å². The fourth-order valence-corrected chi connectivity index (χ4v) is 0.612. The Morgan fingerprint density at radius 1 is 1.50 bits per heavy atom. The van der Waals surface area contributed by atoms with Gasteiger partial charge in [0.15, 0.2) is 0 Å². The molecule has 86 valence electrons. The summed E-state index contributed by atoms with van der Waals surface area (Å²) in [4.78, 5) is 12.2. The number of guanidine groups is 1. The van der Waals surface area contributed by atoms with Gasteiger partial charge >= 0.3 is 0 Å². The standard InChI is InChI=1S/C7H9N5.HNO3/c8-7(9)12-11-5-6-1-3-10-4-2-6;2-1(3)4/h1-5H,(H4,8,9,12);(H,2,3,4)/b11-5+;. The van der Waals surface area contributed by atoms with Gasteiger partial charge < -0.3 is 16.7 Å². The van der Waals surface area contributed by atoms with Gasteiger partial charge in [0.1, 0.15) is 0 Å². The van der Waals surface area contributed by atoms with Crippen molar-refractivity contribution in [3.63, 3.8) is 0 Å². The van der Waals surface area contributed by atoms with Gasteiger partial charge in [-0.2, -0.15) is 5.10 Å². The predicted octanol–water partition coefficient (Wildman–Crippen LogP) is -0.659. The van der Waals surface area contributed by atoms with Crippen molar-refractivity contribution >= 4 is 12.2 Å². The Hall–Kier alpha value is -2.71. The van der Waals surface area contributed by atoms with Gasteiger partial charge in [-0.1, -0.05) is 0 Å². The third-order valence-electron chi connectivity index (χ3n) is 1.09. The molecule has 0 aliphatic heterocycles. The van der Waals surface area contributed by atoms with E-state index in [4.69, 9.17) is 26.8 Å². The molecular weight excluding hydrogens is 216 g/mol. The van der Waals surface area contributed by atoms with E-state index in [1.807, 2.05) is 0 Å². The molecule has 0 fully saturated rings. The van der Waals surface area contributed by atoms with Crippen LogP contribution in [0.15, 0.2) is 34.7 Å². The monoisotopic (exact) mass is 226 g/mol. The third kappa shape index (κ3) is 9.38. The van der Waals surface area contributed by atoms with Gasteiger partial charge in [0.05, 0.1) is 6.21 Å². The Labute approximate surface area is 90.2 Å². The fourth-order valence-electron chi connectivity index (χ4n) is 0.612. The third-order valence-corrected chi connectivity index (χ3v) is 1.09. The minimum Gasteiger partial charge on any atom is -0.369 e. The normalized spacial score (nSPS) is 9.00. The molecular formula is C7H10N6O3. The minimum absolute atomic E-state index is 0.0553. The summed E-state index contributed by atoms with van der Waals surface area (Å²) >= 11 is 0. The Morgan fingerprint density at radius 2 is 2.00 bits per heavy atom. The number of nitrogens with two attached hydrogens (primary N) is 2. The number of hydrogen-bond donors (Lipinski definition) is 3. The van der Waals surface area contributed by atoms with Crippen LogP contribution in [0.3, 0.4) is 0 Å². The summed E-state index contributed by atoms with van der Waals surface area (Å²) in [6, 6.07) is 3.59. The highest BCUT2D eigenvalue weighted by molar-refractivity contribution is 5.81. The van der Waals surface area contributed by atoms with E-state index in [-0.39, 0.29) is 5.96 Å². The summed E-state index contributed by atoms with van der Waals surface area (Å²) < 4.78 is 0. The Bertz CT molecular complexity index is 369. The zero-order chi connectivity index (χ0) is 12.4. The zero-order valence-electron chi connectivity index (χ0n) is 8.09. The molecule has 0 aromatic carbocycles. The van der Waals surface area contributed by atoms with Crippen molar-refractivity contribution in [3.05, 3.63) is 40.2 Å². The van der Waals surface area contributed by atoms with Gasteiger partial charge in [-0.05, 0) is 17.7 Å². The van der Waals surface area contributed by atoms with Crippen LogP contribution in [-0.2, 0) is 0 Å². The minimum atomic E-state index is -1.50. The topological polar surface area (TPSA) is 153 Å². The number of rotatable bonds is 2. The van der Waals surface area contributed by atoms with E-state index in [0.717, 1.165) is 5.56 Å². The molecule has 0 aliphatic carbocycles. The van der Waals surface area contributed by atoms with Crippen molar-refractivity contribution in [1.82, 2.24) is 4.98 Å². The lowest BCUT2D eigenvalue weighted by Crippen LogP contribution is -2.21. The van der Waals surface area contributed by atoms with Crippen LogP contribution >= 0.6 is 0 Å². The molecule has 1 rings (SSSR count). The lowest BCUT2D eigenvalue weighted by Gasteiger charge is -1.87. The maximum atomic E-state index is 8.36. The largest absolute Gasteiger partial charge is 0.369 e. The second-order valence-corrected chi connectivity index (χ2v) is 2.29. The molecule has 0 saturated carbocycles. The van der Waals surface area contributed by atoms with Gasteiger partial charge in [-0.25, -0.2) is 0 Å². The maximum absolute atomic E-state index is 8.36. The molecule has 1 aromatic rings. The van der Waals surface area contributed by atoms with Crippen LogP contribution in [-0.4, -0.2) is 27.5 Å². The molecule has 0 radical (unpaired) electrons. The van der Waals surface area contributed by atoms with E-state index >= 15 is 0 Å². The first kappa shape index (κ1) is 13.3. The van der Waals surface area contributed by atoms with Crippen molar-refractivity contribution in [2.75, 3.05) is 0 Å². The number of hydrogen-bond acceptors (Lipinski definition) is 5. The van der Waals surface area contributed by atoms with Gasteiger partial charge in [0.25, 0.3) is 5.09 Å². The van der Waals surface area contributed by atoms with Gasteiger partial charge in [0, 0.05) is 12.4 Å². The van der Waals surface area contributed by atoms with E-state index < -0.39 is 5.09 Å². The molecule has 0 atom stereocenters. The molecule has 0 aliphatic rings. The van der Waals surface area contributed by atoms with Crippen molar-refractivity contribution in [2.24, 2.45) is 21.7 Å². The Morgan fingerprint density at radius 3 is 2.44 bits per heavy atom. The van der Waals surface area contributed by atoms with E-state index in [0.29, 0.717) is 0 Å². The molecule has 1 heterocycles. The smallest absolute Gasteiger partial charge is 0.291 e. The average Bonchev–Trinajstić information content (AvgIpc) is 2.18. The second-order valence-electron chi connectivity index (χ2n) is 2.29. The van der Waals surface area contributed by atoms with Crippen molar-refractivity contribution in [3.8, 4) is 0 Å². The summed E-state index contributed by atoms with van der Waals surface area (Å²) in [5, 5.41) is 20.7. The molecule has 9 heteroatoms. The van der Waals surface area contributed by atoms with E-state index in [2.05, 4.69) is 15.2 Å². The molecule has 0 spiro atoms. The summed E-state index contributed by atoms with van der Waals surface area (Å²) in [5.74, 6) is -0.0553.